The summed E-state index contributed by atoms with van der Waals surface area (Å²) in [5, 5.41) is 8.24. The van der Waals surface area contributed by atoms with Crippen LogP contribution >= 0.6 is 15.9 Å². The third-order valence-electron chi connectivity index (χ3n) is 2.46. The first-order chi connectivity index (χ1) is 9.83. The van der Waals surface area contributed by atoms with Crippen LogP contribution < -0.4 is 9.46 Å². The summed E-state index contributed by atoms with van der Waals surface area (Å²) in [5.74, 6) is -1.36. The lowest BCUT2D eigenvalue weighted by Crippen LogP contribution is -2.12. The van der Waals surface area contributed by atoms with Crippen LogP contribution in [0.3, 0.4) is 0 Å². The number of halogens is 1. The van der Waals surface area contributed by atoms with Gasteiger partial charge in [-0.2, -0.15) is 8.42 Å². The highest BCUT2D eigenvalue weighted by atomic mass is 79.9. The number of benzene rings is 1. The summed E-state index contributed by atoms with van der Waals surface area (Å²) >= 11 is 3.25. The molecule has 2 rings (SSSR count). The number of hydrogen-bond acceptors (Lipinski definition) is 5. The van der Waals surface area contributed by atoms with Crippen LogP contribution in [0, 0.1) is 0 Å². The van der Waals surface area contributed by atoms with Crippen LogP contribution in [0.25, 0.3) is 0 Å². The SMILES string of the molecule is COc1cc(NS(=O)(=O)c2ccc(C(=O)O)o2)ccc1Br. The Kier molecular flexibility index (Phi) is 4.24. The maximum atomic E-state index is 12.1. The van der Waals surface area contributed by atoms with Crippen molar-refractivity contribution in [1.29, 1.82) is 0 Å². The Bertz CT molecular complexity index is 783. The van der Waals surface area contributed by atoms with Gasteiger partial charge in [0.2, 0.25) is 10.9 Å². The van der Waals surface area contributed by atoms with Gasteiger partial charge in [-0.05, 0) is 40.2 Å². The number of aromatic carboxylic acids is 1. The molecule has 0 radical (unpaired) electrons. The van der Waals surface area contributed by atoms with Crippen molar-refractivity contribution in [2.75, 3.05) is 11.8 Å². The van der Waals surface area contributed by atoms with Crippen molar-refractivity contribution in [1.82, 2.24) is 0 Å². The number of methoxy groups -OCH3 is 1. The zero-order valence-corrected chi connectivity index (χ0v) is 13.1. The summed E-state index contributed by atoms with van der Waals surface area (Å²) in [6.07, 6.45) is 0. The molecule has 0 spiro atoms. The van der Waals surface area contributed by atoms with Gasteiger partial charge in [0, 0.05) is 6.07 Å². The highest BCUT2D eigenvalue weighted by molar-refractivity contribution is 9.10. The molecule has 0 saturated heterocycles. The third kappa shape index (κ3) is 3.37. The number of carbonyl (C=O) groups is 1. The Morgan fingerprint density at radius 1 is 1.33 bits per heavy atom. The van der Waals surface area contributed by atoms with Gasteiger partial charge < -0.3 is 14.3 Å². The van der Waals surface area contributed by atoms with Crippen molar-refractivity contribution in [2.45, 2.75) is 5.09 Å². The standard InChI is InChI=1S/C12H10BrNO6S/c1-19-10-6-7(2-3-8(10)13)14-21(17,18)11-5-4-9(20-11)12(15)16/h2-6,14H,1H3,(H,15,16). The van der Waals surface area contributed by atoms with E-state index in [1.165, 1.54) is 19.2 Å². The predicted octanol–water partition coefficient (Wildman–Crippen LogP) is 2.55. The smallest absolute Gasteiger partial charge is 0.371 e. The minimum absolute atomic E-state index is 0.253. The molecule has 0 saturated carbocycles. The quantitative estimate of drug-likeness (QED) is 0.831. The first-order valence-electron chi connectivity index (χ1n) is 5.53. The van der Waals surface area contributed by atoms with Crippen LogP contribution in [0.2, 0.25) is 0 Å². The molecule has 2 N–H and O–H groups in total. The van der Waals surface area contributed by atoms with E-state index in [-0.39, 0.29) is 5.69 Å². The molecular weight excluding hydrogens is 366 g/mol. The average Bonchev–Trinajstić information content (AvgIpc) is 2.91. The van der Waals surface area contributed by atoms with E-state index in [1.54, 1.807) is 6.07 Å². The molecule has 0 aliphatic heterocycles. The van der Waals surface area contributed by atoms with Crippen LogP contribution in [0.1, 0.15) is 10.6 Å². The molecule has 1 aromatic carbocycles. The number of rotatable bonds is 5. The van der Waals surface area contributed by atoms with Crippen molar-refractivity contribution in [3.63, 3.8) is 0 Å². The van der Waals surface area contributed by atoms with E-state index in [2.05, 4.69) is 20.7 Å². The molecule has 0 aliphatic carbocycles. The number of sulfonamides is 1. The second-order valence-electron chi connectivity index (χ2n) is 3.88. The molecule has 0 unspecified atom stereocenters. The molecule has 1 aromatic heterocycles. The molecule has 0 bridgehead atoms. The number of ether oxygens (including phenoxy) is 1. The number of furan rings is 1. The van der Waals surface area contributed by atoms with Crippen LogP contribution in [-0.4, -0.2) is 26.6 Å². The average molecular weight is 376 g/mol. The first kappa shape index (κ1) is 15.4. The topological polar surface area (TPSA) is 106 Å². The van der Waals surface area contributed by atoms with Crippen LogP contribution in [0.15, 0.2) is 44.3 Å². The molecule has 0 aliphatic rings. The zero-order valence-electron chi connectivity index (χ0n) is 10.7. The fraction of sp³-hybridized carbons (Fsp3) is 0.0833. The van der Waals surface area contributed by atoms with E-state index in [0.29, 0.717) is 10.2 Å². The van der Waals surface area contributed by atoms with Crippen LogP contribution in [-0.2, 0) is 10.0 Å². The number of anilines is 1. The minimum atomic E-state index is -4.01. The summed E-state index contributed by atoms with van der Waals surface area (Å²) in [6.45, 7) is 0. The van der Waals surface area contributed by atoms with E-state index in [9.17, 15) is 13.2 Å². The molecule has 0 fully saturated rings. The van der Waals surface area contributed by atoms with Crippen molar-refractivity contribution in [3.8, 4) is 5.75 Å². The van der Waals surface area contributed by atoms with E-state index in [4.69, 9.17) is 14.3 Å². The number of carboxylic acid groups (broad SMARTS) is 1. The summed E-state index contributed by atoms with van der Waals surface area (Å²) in [7, 11) is -2.57. The van der Waals surface area contributed by atoms with Crippen LogP contribution in [0.4, 0.5) is 5.69 Å². The Morgan fingerprint density at radius 3 is 2.62 bits per heavy atom. The van der Waals surface area contributed by atoms with Crippen LogP contribution in [0.5, 0.6) is 5.75 Å². The fourth-order valence-electron chi connectivity index (χ4n) is 1.51. The lowest BCUT2D eigenvalue weighted by atomic mass is 10.3. The zero-order chi connectivity index (χ0) is 15.6. The van der Waals surface area contributed by atoms with E-state index >= 15 is 0 Å². The molecule has 1 heterocycles. The first-order valence-corrected chi connectivity index (χ1v) is 7.80. The number of nitrogens with one attached hydrogen (secondary N) is 1. The number of carboxylic acids is 1. The third-order valence-corrected chi connectivity index (χ3v) is 4.37. The lowest BCUT2D eigenvalue weighted by molar-refractivity contribution is 0.0656. The highest BCUT2D eigenvalue weighted by Gasteiger charge is 2.21. The summed E-state index contributed by atoms with van der Waals surface area (Å²) in [6, 6.07) is 6.75. The Morgan fingerprint density at radius 2 is 2.05 bits per heavy atom. The lowest BCUT2D eigenvalue weighted by Gasteiger charge is -2.08. The van der Waals surface area contributed by atoms with Gasteiger partial charge in [0.1, 0.15) is 5.75 Å². The normalized spacial score (nSPS) is 11.1. The maximum Gasteiger partial charge on any atom is 0.371 e. The molecule has 0 amide bonds. The minimum Gasteiger partial charge on any atom is -0.495 e. The second kappa shape index (κ2) is 5.78. The van der Waals surface area contributed by atoms with Gasteiger partial charge in [0.15, 0.2) is 0 Å². The van der Waals surface area contributed by atoms with Gasteiger partial charge in [0.25, 0.3) is 10.0 Å². The molecule has 2 aromatic rings. The van der Waals surface area contributed by atoms with Crippen molar-refractivity contribution >= 4 is 37.6 Å². The summed E-state index contributed by atoms with van der Waals surface area (Å²) in [4.78, 5) is 10.7. The largest absolute Gasteiger partial charge is 0.495 e. The Labute approximate surface area is 128 Å². The van der Waals surface area contributed by atoms with Crippen molar-refractivity contribution < 1.29 is 27.5 Å². The summed E-state index contributed by atoms with van der Waals surface area (Å²) in [5.41, 5.74) is 0.253. The Balaban J connectivity index is 2.30. The monoisotopic (exact) mass is 375 g/mol. The second-order valence-corrected chi connectivity index (χ2v) is 6.35. The van der Waals surface area contributed by atoms with E-state index in [0.717, 1.165) is 12.1 Å². The molecule has 9 heteroatoms. The fourth-order valence-corrected chi connectivity index (χ4v) is 2.90. The Hall–Kier alpha value is -2.00. The van der Waals surface area contributed by atoms with Gasteiger partial charge in [-0.3, -0.25) is 4.72 Å². The van der Waals surface area contributed by atoms with Crippen molar-refractivity contribution in [3.05, 3.63) is 40.6 Å². The van der Waals surface area contributed by atoms with E-state index in [1.807, 2.05) is 0 Å². The molecule has 21 heavy (non-hydrogen) atoms. The van der Waals surface area contributed by atoms with E-state index < -0.39 is 26.8 Å². The van der Waals surface area contributed by atoms with Gasteiger partial charge in [-0.1, -0.05) is 0 Å². The van der Waals surface area contributed by atoms with Gasteiger partial charge >= 0.3 is 5.97 Å². The van der Waals surface area contributed by atoms with Gasteiger partial charge in [0.05, 0.1) is 17.3 Å². The molecule has 0 atom stereocenters. The van der Waals surface area contributed by atoms with Gasteiger partial charge in [-0.15, -0.1) is 0 Å². The van der Waals surface area contributed by atoms with Gasteiger partial charge in [-0.25, -0.2) is 4.79 Å². The maximum absolute atomic E-state index is 12.1. The predicted molar refractivity (Wildman–Crippen MR) is 77.2 cm³/mol. The summed E-state index contributed by atoms with van der Waals surface area (Å²) < 4.78 is 36.9. The highest BCUT2D eigenvalue weighted by Crippen LogP contribution is 2.29. The molecule has 7 nitrogen and oxygen atoms in total. The van der Waals surface area contributed by atoms with Crippen molar-refractivity contribution in [2.24, 2.45) is 0 Å². The number of hydrogen-bond donors (Lipinski definition) is 2. The molecular formula is C12H10BrNO6S. The molecule has 112 valence electrons.